The zero-order valence-electron chi connectivity index (χ0n) is 9.77. The van der Waals surface area contributed by atoms with Gasteiger partial charge in [0.2, 0.25) is 0 Å². The van der Waals surface area contributed by atoms with Crippen molar-refractivity contribution in [3.05, 3.63) is 0 Å². The van der Waals surface area contributed by atoms with Crippen LogP contribution in [0.1, 0.15) is 20.3 Å². The second-order valence-corrected chi connectivity index (χ2v) is 4.70. The molecule has 0 saturated carbocycles. The average Bonchev–Trinajstić information content (AvgIpc) is 2.38. The highest BCUT2D eigenvalue weighted by atomic mass is 16.5. The van der Waals surface area contributed by atoms with Crippen LogP contribution in [0.3, 0.4) is 0 Å². The van der Waals surface area contributed by atoms with E-state index in [4.69, 9.17) is 4.74 Å². The molecule has 2 aliphatic heterocycles. The van der Waals surface area contributed by atoms with Gasteiger partial charge in [-0.05, 0) is 20.3 Å². The topological polar surface area (TPSA) is 32.8 Å². The number of carbonyl (C=O) groups excluding carboxylic acids is 1. The Kier molecular flexibility index (Phi) is 2.98. The van der Waals surface area contributed by atoms with Crippen LogP contribution in [0.15, 0.2) is 0 Å². The molecule has 1 amide bonds. The van der Waals surface area contributed by atoms with E-state index in [1.54, 1.807) is 7.11 Å². The number of nitrogens with zero attached hydrogens (tertiary/aromatic N) is 2. The minimum Gasteiger partial charge on any atom is -0.369 e. The molecule has 2 fully saturated rings. The number of β-lactam (4-membered cyclic amide) rings is 1. The summed E-state index contributed by atoms with van der Waals surface area (Å²) in [6.07, 6.45) is 0.890. The van der Waals surface area contributed by atoms with E-state index in [0.29, 0.717) is 6.04 Å². The highest BCUT2D eigenvalue weighted by molar-refractivity contribution is 5.88. The second kappa shape index (κ2) is 4.10. The van der Waals surface area contributed by atoms with Gasteiger partial charge in [-0.1, -0.05) is 0 Å². The van der Waals surface area contributed by atoms with E-state index in [1.807, 2.05) is 4.90 Å². The summed E-state index contributed by atoms with van der Waals surface area (Å²) in [6.45, 7) is 7.36. The fourth-order valence-corrected chi connectivity index (χ4v) is 2.55. The quantitative estimate of drug-likeness (QED) is 0.618. The Morgan fingerprint density at radius 3 is 2.73 bits per heavy atom. The first-order chi connectivity index (χ1) is 7.15. The van der Waals surface area contributed by atoms with Crippen LogP contribution in [0.2, 0.25) is 0 Å². The van der Waals surface area contributed by atoms with Gasteiger partial charge in [0.1, 0.15) is 0 Å². The molecule has 15 heavy (non-hydrogen) atoms. The maximum Gasteiger partial charge on any atom is 0.254 e. The number of amides is 1. The van der Waals surface area contributed by atoms with Crippen molar-refractivity contribution in [1.29, 1.82) is 0 Å². The van der Waals surface area contributed by atoms with Gasteiger partial charge in [-0.15, -0.1) is 0 Å². The third-order valence-electron chi connectivity index (χ3n) is 3.53. The lowest BCUT2D eigenvalue weighted by atomic mass is 9.97. The molecule has 0 aliphatic carbocycles. The smallest absolute Gasteiger partial charge is 0.254 e. The largest absolute Gasteiger partial charge is 0.369 e. The summed E-state index contributed by atoms with van der Waals surface area (Å²) in [6, 6.07) is 0.838. The predicted octanol–water partition coefficient (Wildman–Crippen LogP) is 0.326. The number of rotatable bonds is 2. The van der Waals surface area contributed by atoms with Crippen LogP contribution in [0.4, 0.5) is 0 Å². The number of fused-ring (bicyclic) bond motifs is 1. The molecule has 2 aliphatic rings. The Bertz CT molecular complexity index is 255. The fraction of sp³-hybridized carbons (Fsp3) is 0.909. The van der Waals surface area contributed by atoms with Crippen molar-refractivity contribution in [3.8, 4) is 0 Å². The lowest BCUT2D eigenvalue weighted by Crippen LogP contribution is -2.67. The molecule has 0 aromatic heterocycles. The van der Waals surface area contributed by atoms with E-state index in [1.165, 1.54) is 0 Å². The molecule has 2 heterocycles. The molecule has 0 spiro atoms. The third-order valence-corrected chi connectivity index (χ3v) is 3.53. The van der Waals surface area contributed by atoms with E-state index in [-0.39, 0.29) is 18.1 Å². The van der Waals surface area contributed by atoms with Crippen LogP contribution in [0, 0.1) is 0 Å². The minimum atomic E-state index is -0.190. The van der Waals surface area contributed by atoms with E-state index < -0.39 is 0 Å². The van der Waals surface area contributed by atoms with Gasteiger partial charge in [0, 0.05) is 32.8 Å². The summed E-state index contributed by atoms with van der Waals surface area (Å²) in [5.74, 6) is 0.174. The number of carbonyl (C=O) groups is 1. The SMILES string of the molecule is CO[C@H]1C(=O)N2CCCN(C(C)C)C[C@@H]12. The van der Waals surface area contributed by atoms with Crippen molar-refractivity contribution in [2.45, 2.75) is 38.5 Å². The van der Waals surface area contributed by atoms with E-state index in [2.05, 4.69) is 18.7 Å². The maximum absolute atomic E-state index is 11.6. The third kappa shape index (κ3) is 1.76. The van der Waals surface area contributed by atoms with E-state index in [9.17, 15) is 4.79 Å². The number of hydrogen-bond acceptors (Lipinski definition) is 3. The van der Waals surface area contributed by atoms with Gasteiger partial charge in [-0.25, -0.2) is 0 Å². The predicted molar refractivity (Wildman–Crippen MR) is 57.6 cm³/mol. The monoisotopic (exact) mass is 212 g/mol. The molecule has 4 heteroatoms. The molecule has 0 radical (unpaired) electrons. The first-order valence-electron chi connectivity index (χ1n) is 5.72. The Labute approximate surface area is 91.2 Å². The molecule has 2 atom stereocenters. The lowest BCUT2D eigenvalue weighted by Gasteiger charge is -2.46. The number of methoxy groups -OCH3 is 1. The van der Waals surface area contributed by atoms with Crippen molar-refractivity contribution in [2.24, 2.45) is 0 Å². The Hall–Kier alpha value is -0.610. The van der Waals surface area contributed by atoms with Gasteiger partial charge in [0.25, 0.3) is 5.91 Å². The second-order valence-electron chi connectivity index (χ2n) is 4.70. The standard InChI is InChI=1S/C11H20N2O2/c1-8(2)12-5-4-6-13-9(7-12)10(15-3)11(13)14/h8-10H,4-7H2,1-3H3/t9-,10+/m0/s1. The van der Waals surface area contributed by atoms with Crippen molar-refractivity contribution in [1.82, 2.24) is 9.80 Å². The van der Waals surface area contributed by atoms with Crippen LogP contribution in [-0.4, -0.2) is 60.6 Å². The zero-order chi connectivity index (χ0) is 11.0. The average molecular weight is 212 g/mol. The van der Waals surface area contributed by atoms with Crippen molar-refractivity contribution < 1.29 is 9.53 Å². The van der Waals surface area contributed by atoms with Crippen molar-refractivity contribution in [3.63, 3.8) is 0 Å². The Morgan fingerprint density at radius 2 is 2.13 bits per heavy atom. The molecule has 0 N–H and O–H groups in total. The molecule has 0 aromatic rings. The van der Waals surface area contributed by atoms with Crippen LogP contribution >= 0.6 is 0 Å². The Morgan fingerprint density at radius 1 is 1.40 bits per heavy atom. The van der Waals surface area contributed by atoms with Crippen LogP contribution < -0.4 is 0 Å². The minimum absolute atomic E-state index is 0.174. The lowest BCUT2D eigenvalue weighted by molar-refractivity contribution is -0.170. The first-order valence-corrected chi connectivity index (χ1v) is 5.72. The van der Waals surface area contributed by atoms with Crippen molar-refractivity contribution in [2.75, 3.05) is 26.7 Å². The van der Waals surface area contributed by atoms with E-state index in [0.717, 1.165) is 26.1 Å². The van der Waals surface area contributed by atoms with Crippen LogP contribution in [-0.2, 0) is 9.53 Å². The van der Waals surface area contributed by atoms with Gasteiger partial charge in [0.05, 0.1) is 6.04 Å². The maximum atomic E-state index is 11.6. The molecule has 4 nitrogen and oxygen atoms in total. The molecule has 0 aromatic carbocycles. The highest BCUT2D eigenvalue weighted by Gasteiger charge is 2.48. The normalized spacial score (nSPS) is 32.5. The summed E-state index contributed by atoms with van der Waals surface area (Å²) in [7, 11) is 1.63. The number of ether oxygens (including phenoxy) is 1. The molecular formula is C11H20N2O2. The summed E-state index contributed by atoms with van der Waals surface area (Å²) < 4.78 is 5.23. The van der Waals surface area contributed by atoms with E-state index >= 15 is 0 Å². The summed E-state index contributed by atoms with van der Waals surface area (Å²) in [5, 5.41) is 0. The molecule has 2 rings (SSSR count). The van der Waals surface area contributed by atoms with Crippen LogP contribution in [0.25, 0.3) is 0 Å². The van der Waals surface area contributed by atoms with Crippen LogP contribution in [0.5, 0.6) is 0 Å². The molecular weight excluding hydrogens is 192 g/mol. The highest BCUT2D eigenvalue weighted by Crippen LogP contribution is 2.26. The zero-order valence-corrected chi connectivity index (χ0v) is 9.77. The molecule has 0 bridgehead atoms. The first kappa shape index (κ1) is 10.9. The number of hydrogen-bond donors (Lipinski definition) is 0. The van der Waals surface area contributed by atoms with Gasteiger partial charge in [-0.2, -0.15) is 0 Å². The summed E-state index contributed by atoms with van der Waals surface area (Å²) >= 11 is 0. The molecule has 0 unspecified atom stereocenters. The fourth-order valence-electron chi connectivity index (χ4n) is 2.55. The van der Waals surface area contributed by atoms with Gasteiger partial charge < -0.3 is 9.64 Å². The van der Waals surface area contributed by atoms with Crippen molar-refractivity contribution >= 4 is 5.91 Å². The molecule has 2 saturated heterocycles. The van der Waals surface area contributed by atoms with Gasteiger partial charge >= 0.3 is 0 Å². The molecule has 86 valence electrons. The summed E-state index contributed by atoms with van der Waals surface area (Å²) in [4.78, 5) is 16.0. The Balaban J connectivity index is 2.04. The van der Waals surface area contributed by atoms with Gasteiger partial charge in [0.15, 0.2) is 6.10 Å². The summed E-state index contributed by atoms with van der Waals surface area (Å²) in [5.41, 5.74) is 0. The van der Waals surface area contributed by atoms with Gasteiger partial charge in [-0.3, -0.25) is 9.69 Å².